The molecule has 0 radical (unpaired) electrons. The number of nitrogens with zero attached hydrogens (tertiary/aromatic N) is 1. The number of quaternary nitrogens is 1. The molecule has 1 aliphatic rings. The highest BCUT2D eigenvalue weighted by atomic mass is 79.9. The molecule has 0 unspecified atom stereocenters. The second-order valence-electron chi connectivity index (χ2n) is 2.80. The summed E-state index contributed by atoms with van der Waals surface area (Å²) in [6.45, 7) is 4.13. The van der Waals surface area contributed by atoms with E-state index in [4.69, 9.17) is 4.74 Å². The molecule has 0 atom stereocenters. The number of alkyl halides is 1. The van der Waals surface area contributed by atoms with E-state index < -0.39 is 0 Å². The number of rotatable bonds is 1. The summed E-state index contributed by atoms with van der Waals surface area (Å²) in [6, 6.07) is 0. The number of halogens is 1. The van der Waals surface area contributed by atoms with E-state index in [1.807, 2.05) is 0 Å². The second-order valence-corrected chi connectivity index (χ2v) is 3.30. The van der Waals surface area contributed by atoms with E-state index in [1.165, 1.54) is 0 Å². The highest BCUT2D eigenvalue weighted by molar-refractivity contribution is 9.09. The fourth-order valence-electron chi connectivity index (χ4n) is 0.903. The predicted molar refractivity (Wildman–Crippen MR) is 40.5 cm³/mol. The van der Waals surface area contributed by atoms with Crippen molar-refractivity contribution in [3.8, 4) is 0 Å². The molecule has 0 amide bonds. The maximum absolute atomic E-state index is 5.23. The van der Waals surface area contributed by atoms with Gasteiger partial charge in [0, 0.05) is 0 Å². The van der Waals surface area contributed by atoms with Crippen LogP contribution in [0.2, 0.25) is 0 Å². The van der Waals surface area contributed by atoms with Gasteiger partial charge in [0.15, 0.2) is 0 Å². The summed E-state index contributed by atoms with van der Waals surface area (Å²) in [5.74, 6) is 0. The van der Waals surface area contributed by atoms with Crippen LogP contribution in [-0.4, -0.2) is 43.3 Å². The zero-order valence-electron chi connectivity index (χ0n) is 5.77. The summed E-state index contributed by atoms with van der Waals surface area (Å²) in [4.78, 5) is 0. The van der Waals surface area contributed by atoms with Crippen LogP contribution in [-0.2, 0) is 4.74 Å². The Morgan fingerprint density at radius 1 is 1.44 bits per heavy atom. The molecule has 0 aromatic heterocycles. The van der Waals surface area contributed by atoms with Crippen LogP contribution in [0.5, 0.6) is 0 Å². The summed E-state index contributed by atoms with van der Waals surface area (Å²) < 4.78 is 6.34. The number of likely N-dealkylation sites (N-methyl/N-ethyl adjacent to an activating group) is 1. The zero-order valence-corrected chi connectivity index (χ0v) is 7.35. The molecule has 9 heavy (non-hydrogen) atoms. The van der Waals surface area contributed by atoms with Gasteiger partial charge in [0.2, 0.25) is 0 Å². The Labute approximate surface area is 64.5 Å². The third-order valence-corrected chi connectivity index (χ3v) is 3.05. The van der Waals surface area contributed by atoms with Gasteiger partial charge in [-0.25, -0.2) is 0 Å². The van der Waals surface area contributed by atoms with Crippen molar-refractivity contribution >= 4 is 15.9 Å². The number of morpholine rings is 1. The van der Waals surface area contributed by atoms with Crippen molar-refractivity contribution in [2.24, 2.45) is 0 Å². The lowest BCUT2D eigenvalue weighted by atomic mass is 10.4. The largest absolute Gasteiger partial charge is 0.370 e. The first-order valence-corrected chi connectivity index (χ1v) is 4.36. The van der Waals surface area contributed by atoms with Gasteiger partial charge in [-0.05, 0) is 15.9 Å². The van der Waals surface area contributed by atoms with Gasteiger partial charge in [0.25, 0.3) is 0 Å². The molecule has 3 heteroatoms. The molecule has 1 aliphatic heterocycles. The van der Waals surface area contributed by atoms with Crippen LogP contribution in [0.1, 0.15) is 0 Å². The first-order valence-electron chi connectivity index (χ1n) is 3.24. The van der Waals surface area contributed by atoms with Gasteiger partial charge in [0.05, 0.1) is 20.3 Å². The fraction of sp³-hybridized carbons (Fsp3) is 1.00. The van der Waals surface area contributed by atoms with Crippen molar-refractivity contribution in [2.75, 3.05) is 38.8 Å². The van der Waals surface area contributed by atoms with Gasteiger partial charge in [-0.2, -0.15) is 0 Å². The molecule has 54 valence electrons. The fourth-order valence-corrected chi connectivity index (χ4v) is 1.40. The molecule has 0 bridgehead atoms. The molecular formula is C6H13BrNO+. The minimum absolute atomic E-state index is 0.919. The zero-order chi connectivity index (χ0) is 6.74. The summed E-state index contributed by atoms with van der Waals surface area (Å²) in [7, 11) is 2.25. The van der Waals surface area contributed by atoms with E-state index in [0.29, 0.717) is 0 Å². The van der Waals surface area contributed by atoms with Crippen molar-refractivity contribution in [1.82, 2.24) is 0 Å². The Kier molecular flexibility index (Phi) is 2.50. The number of ether oxygens (including phenoxy) is 1. The van der Waals surface area contributed by atoms with Crippen molar-refractivity contribution in [3.05, 3.63) is 0 Å². The molecule has 0 N–H and O–H groups in total. The Hall–Kier alpha value is 0.400. The minimum atomic E-state index is 0.919. The van der Waals surface area contributed by atoms with Crippen LogP contribution in [0.15, 0.2) is 0 Å². The summed E-state index contributed by atoms with van der Waals surface area (Å²) in [5, 5.41) is 0. The Bertz CT molecular complexity index is 91.1. The molecular weight excluding hydrogens is 182 g/mol. The quantitative estimate of drug-likeness (QED) is 0.342. The van der Waals surface area contributed by atoms with Gasteiger partial charge in [0.1, 0.15) is 18.5 Å². The van der Waals surface area contributed by atoms with Crippen LogP contribution in [0.3, 0.4) is 0 Å². The molecule has 0 spiro atoms. The molecule has 1 saturated heterocycles. The SMILES string of the molecule is C[N+]1(CBr)CCOCC1. The monoisotopic (exact) mass is 194 g/mol. The van der Waals surface area contributed by atoms with Crippen molar-refractivity contribution < 1.29 is 9.22 Å². The lowest BCUT2D eigenvalue weighted by Gasteiger charge is -2.35. The predicted octanol–water partition coefficient (Wildman–Crippen LogP) is 0.816. The van der Waals surface area contributed by atoms with Gasteiger partial charge >= 0.3 is 0 Å². The molecule has 1 heterocycles. The molecule has 0 aliphatic carbocycles. The van der Waals surface area contributed by atoms with Gasteiger partial charge < -0.3 is 9.22 Å². The van der Waals surface area contributed by atoms with Crippen LogP contribution in [0, 0.1) is 0 Å². The molecule has 1 fully saturated rings. The number of hydrogen-bond donors (Lipinski definition) is 0. The highest BCUT2D eigenvalue weighted by Gasteiger charge is 2.22. The van der Waals surface area contributed by atoms with Crippen LogP contribution in [0.25, 0.3) is 0 Å². The lowest BCUT2D eigenvalue weighted by molar-refractivity contribution is -0.903. The first-order chi connectivity index (χ1) is 4.27. The topological polar surface area (TPSA) is 9.23 Å². The summed E-state index contributed by atoms with van der Waals surface area (Å²) in [5.41, 5.74) is 1.05. The Balaban J connectivity index is 2.37. The van der Waals surface area contributed by atoms with Crippen molar-refractivity contribution in [2.45, 2.75) is 0 Å². The van der Waals surface area contributed by atoms with E-state index in [0.717, 1.165) is 36.2 Å². The summed E-state index contributed by atoms with van der Waals surface area (Å²) in [6.07, 6.45) is 0. The van der Waals surface area contributed by atoms with Gasteiger partial charge in [-0.3, -0.25) is 0 Å². The Morgan fingerprint density at radius 2 is 2.00 bits per heavy atom. The van der Waals surface area contributed by atoms with E-state index in [9.17, 15) is 0 Å². The van der Waals surface area contributed by atoms with E-state index in [2.05, 4.69) is 23.0 Å². The maximum Gasteiger partial charge on any atom is 0.134 e. The smallest absolute Gasteiger partial charge is 0.134 e. The van der Waals surface area contributed by atoms with Crippen LogP contribution < -0.4 is 0 Å². The van der Waals surface area contributed by atoms with Crippen LogP contribution in [0.4, 0.5) is 0 Å². The van der Waals surface area contributed by atoms with Crippen LogP contribution >= 0.6 is 15.9 Å². The molecule has 1 rings (SSSR count). The standard InChI is InChI=1S/C6H13BrNO/c1-8(6-7)2-4-9-5-3-8/h2-6H2,1H3/q+1. The van der Waals surface area contributed by atoms with Crippen molar-refractivity contribution in [3.63, 3.8) is 0 Å². The van der Waals surface area contributed by atoms with Gasteiger partial charge in [-0.1, -0.05) is 0 Å². The third kappa shape index (κ3) is 1.92. The molecule has 0 aromatic carbocycles. The highest BCUT2D eigenvalue weighted by Crippen LogP contribution is 2.08. The first kappa shape index (κ1) is 7.51. The third-order valence-electron chi connectivity index (χ3n) is 1.84. The van der Waals surface area contributed by atoms with Gasteiger partial charge in [-0.15, -0.1) is 0 Å². The maximum atomic E-state index is 5.23. The van der Waals surface area contributed by atoms with Crippen molar-refractivity contribution in [1.29, 1.82) is 0 Å². The Morgan fingerprint density at radius 3 is 2.33 bits per heavy atom. The van der Waals surface area contributed by atoms with E-state index in [-0.39, 0.29) is 0 Å². The molecule has 0 saturated carbocycles. The normalized spacial score (nSPS) is 26.0. The molecule has 0 aromatic rings. The summed E-state index contributed by atoms with van der Waals surface area (Å²) >= 11 is 3.48. The minimum Gasteiger partial charge on any atom is -0.370 e. The van der Waals surface area contributed by atoms with E-state index >= 15 is 0 Å². The second kappa shape index (κ2) is 2.99. The average Bonchev–Trinajstić information content (AvgIpc) is 1.90. The molecule has 2 nitrogen and oxygen atoms in total. The number of hydrogen-bond acceptors (Lipinski definition) is 1. The average molecular weight is 195 g/mol. The van der Waals surface area contributed by atoms with E-state index in [1.54, 1.807) is 0 Å². The lowest BCUT2D eigenvalue weighted by Crippen LogP contribution is -2.50.